The van der Waals surface area contributed by atoms with Gasteiger partial charge in [-0.2, -0.15) is 0 Å². The Balaban J connectivity index is 1.77. The maximum absolute atomic E-state index is 13.7. The molecule has 0 saturated carbocycles. The van der Waals surface area contributed by atoms with E-state index in [9.17, 15) is 13.2 Å². The van der Waals surface area contributed by atoms with Crippen LogP contribution in [0.3, 0.4) is 0 Å². The molecule has 4 rings (SSSR count). The summed E-state index contributed by atoms with van der Waals surface area (Å²) in [4.78, 5) is 17.0. The Labute approximate surface area is 220 Å². The van der Waals surface area contributed by atoms with Crippen molar-refractivity contribution in [3.05, 3.63) is 82.6 Å². The summed E-state index contributed by atoms with van der Waals surface area (Å²) in [5.41, 5.74) is 2.15. The van der Waals surface area contributed by atoms with Crippen molar-refractivity contribution in [2.75, 3.05) is 17.5 Å². The van der Waals surface area contributed by atoms with Crippen LogP contribution < -0.4 is 4.31 Å². The van der Waals surface area contributed by atoms with E-state index in [4.69, 9.17) is 27.9 Å². The normalized spacial score (nSPS) is 11.6. The summed E-state index contributed by atoms with van der Waals surface area (Å²) < 4.78 is 35.6. The van der Waals surface area contributed by atoms with Gasteiger partial charge in [-0.25, -0.2) is 13.4 Å². The molecule has 0 fully saturated rings. The lowest BCUT2D eigenvalue weighted by Crippen LogP contribution is -2.36. The largest absolute Gasteiger partial charge is 0.464 e. The number of esters is 1. The first kappa shape index (κ1) is 26.0. The minimum atomic E-state index is -4.20. The van der Waals surface area contributed by atoms with Crippen LogP contribution in [0.1, 0.15) is 25.3 Å². The van der Waals surface area contributed by atoms with Crippen molar-refractivity contribution in [1.82, 2.24) is 9.55 Å². The van der Waals surface area contributed by atoms with E-state index in [0.717, 1.165) is 33.0 Å². The summed E-state index contributed by atoms with van der Waals surface area (Å²) in [6.07, 6.45) is 5.13. The van der Waals surface area contributed by atoms with Crippen LogP contribution in [0.15, 0.2) is 71.9 Å². The number of anilines is 1. The number of aryl methyl sites for hydroxylation is 1. The molecule has 4 aromatic rings. The third-order valence-corrected chi connectivity index (χ3v) is 7.82. The molecule has 36 heavy (non-hydrogen) atoms. The second-order valence-electron chi connectivity index (χ2n) is 8.26. The molecule has 0 aliphatic heterocycles. The fourth-order valence-corrected chi connectivity index (χ4v) is 5.94. The molecular weight excluding hydrogens is 521 g/mol. The molecule has 0 N–H and O–H groups in total. The number of carbonyl (C=O) groups excluding carboxylic acids is 1. The molecule has 2 heterocycles. The van der Waals surface area contributed by atoms with Gasteiger partial charge in [-0.15, -0.1) is 0 Å². The first-order valence-electron chi connectivity index (χ1n) is 11.4. The zero-order chi connectivity index (χ0) is 25.9. The lowest BCUT2D eigenvalue weighted by molar-refractivity contribution is -0.141. The molecule has 0 unspecified atom stereocenters. The van der Waals surface area contributed by atoms with Gasteiger partial charge in [0, 0.05) is 27.8 Å². The van der Waals surface area contributed by atoms with E-state index >= 15 is 0 Å². The standard InChI is InChI=1S/C26H25Cl2N3O4S/c1-3-4-12-35-25(32)17-31(36(33,34)23-15-20(27)14-21(28)16-23)22-7-8-24-19(13-22)9-11-30(24)26-18(2)6-5-10-29-26/h5-11,13-16H,3-4,12,17H2,1-2H3. The molecule has 0 aliphatic carbocycles. The van der Waals surface area contributed by atoms with Crippen molar-refractivity contribution in [3.63, 3.8) is 0 Å². The van der Waals surface area contributed by atoms with Crippen molar-refractivity contribution in [1.29, 1.82) is 0 Å². The van der Waals surface area contributed by atoms with Gasteiger partial charge in [0.15, 0.2) is 0 Å². The van der Waals surface area contributed by atoms with Gasteiger partial charge in [0.1, 0.15) is 12.4 Å². The SMILES string of the molecule is CCCCOC(=O)CN(c1ccc2c(ccn2-c2ncccc2C)c1)S(=O)(=O)c1cc(Cl)cc(Cl)c1. The predicted molar refractivity (Wildman–Crippen MR) is 143 cm³/mol. The number of benzene rings is 2. The summed E-state index contributed by atoms with van der Waals surface area (Å²) in [7, 11) is -4.20. The maximum Gasteiger partial charge on any atom is 0.326 e. The molecular formula is C26H25Cl2N3O4S. The van der Waals surface area contributed by atoms with E-state index in [1.165, 1.54) is 18.2 Å². The van der Waals surface area contributed by atoms with Crippen LogP contribution in [0.5, 0.6) is 0 Å². The van der Waals surface area contributed by atoms with Crippen molar-refractivity contribution in [2.45, 2.75) is 31.6 Å². The summed E-state index contributed by atoms with van der Waals surface area (Å²) in [5.74, 6) is 0.125. The number of hydrogen-bond acceptors (Lipinski definition) is 5. The molecule has 10 heteroatoms. The van der Waals surface area contributed by atoms with Gasteiger partial charge >= 0.3 is 5.97 Å². The van der Waals surface area contributed by atoms with Crippen molar-refractivity contribution in [2.24, 2.45) is 0 Å². The highest BCUT2D eigenvalue weighted by atomic mass is 35.5. The molecule has 7 nitrogen and oxygen atoms in total. The van der Waals surface area contributed by atoms with E-state index in [2.05, 4.69) is 4.98 Å². The summed E-state index contributed by atoms with van der Waals surface area (Å²) >= 11 is 12.2. The van der Waals surface area contributed by atoms with E-state index in [1.54, 1.807) is 24.4 Å². The number of carbonyl (C=O) groups is 1. The number of rotatable bonds is 9. The zero-order valence-corrected chi connectivity index (χ0v) is 22.1. The number of nitrogens with zero attached hydrogens (tertiary/aromatic N) is 3. The molecule has 188 valence electrons. The zero-order valence-electron chi connectivity index (χ0n) is 19.8. The van der Waals surface area contributed by atoms with E-state index in [1.807, 2.05) is 42.8 Å². The van der Waals surface area contributed by atoms with Crippen LogP contribution in [-0.4, -0.2) is 37.1 Å². The van der Waals surface area contributed by atoms with Gasteiger partial charge in [0.05, 0.1) is 22.7 Å². The van der Waals surface area contributed by atoms with Gasteiger partial charge in [-0.3, -0.25) is 9.10 Å². The number of halogens is 2. The monoisotopic (exact) mass is 545 g/mol. The van der Waals surface area contributed by atoms with Crippen LogP contribution in [0.2, 0.25) is 10.0 Å². The number of aromatic nitrogens is 2. The smallest absolute Gasteiger partial charge is 0.326 e. The lowest BCUT2D eigenvalue weighted by Gasteiger charge is -2.24. The van der Waals surface area contributed by atoms with Gasteiger partial charge < -0.3 is 9.30 Å². The Bertz CT molecular complexity index is 1500. The van der Waals surface area contributed by atoms with E-state index < -0.39 is 22.5 Å². The first-order valence-corrected chi connectivity index (χ1v) is 13.6. The average Bonchev–Trinajstić information content (AvgIpc) is 3.25. The highest BCUT2D eigenvalue weighted by molar-refractivity contribution is 7.92. The summed E-state index contributed by atoms with van der Waals surface area (Å²) in [6.45, 7) is 3.66. The molecule has 0 saturated heterocycles. The lowest BCUT2D eigenvalue weighted by atomic mass is 10.2. The van der Waals surface area contributed by atoms with Gasteiger partial charge in [0.25, 0.3) is 10.0 Å². The van der Waals surface area contributed by atoms with Gasteiger partial charge in [-0.1, -0.05) is 42.6 Å². The number of ether oxygens (including phenoxy) is 1. The fraction of sp³-hybridized carbons (Fsp3) is 0.231. The Hall–Kier alpha value is -3.07. The Morgan fingerprint density at radius 2 is 1.83 bits per heavy atom. The third kappa shape index (κ3) is 5.51. The topological polar surface area (TPSA) is 81.5 Å². The number of hydrogen-bond donors (Lipinski definition) is 0. The van der Waals surface area contributed by atoms with E-state index in [0.29, 0.717) is 12.1 Å². The average molecular weight is 546 g/mol. The Morgan fingerprint density at radius 1 is 1.08 bits per heavy atom. The van der Waals surface area contributed by atoms with Crippen LogP contribution in [0, 0.1) is 6.92 Å². The van der Waals surface area contributed by atoms with Crippen molar-refractivity contribution < 1.29 is 17.9 Å². The van der Waals surface area contributed by atoms with Crippen LogP contribution in [0.4, 0.5) is 5.69 Å². The Morgan fingerprint density at radius 3 is 2.53 bits per heavy atom. The van der Waals surface area contributed by atoms with Gasteiger partial charge in [0.2, 0.25) is 0 Å². The molecule has 0 spiro atoms. The fourth-order valence-electron chi connectivity index (χ4n) is 3.81. The minimum absolute atomic E-state index is 0.122. The van der Waals surface area contributed by atoms with Gasteiger partial charge in [-0.05, 0) is 67.4 Å². The highest BCUT2D eigenvalue weighted by Gasteiger charge is 2.29. The first-order chi connectivity index (χ1) is 17.2. The van der Waals surface area contributed by atoms with Crippen LogP contribution in [-0.2, 0) is 19.6 Å². The summed E-state index contributed by atoms with van der Waals surface area (Å²) in [6, 6.07) is 14.9. The second kappa shape index (κ2) is 10.9. The third-order valence-electron chi connectivity index (χ3n) is 5.63. The number of sulfonamides is 1. The van der Waals surface area contributed by atoms with Crippen molar-refractivity contribution >= 4 is 55.8 Å². The molecule has 2 aromatic heterocycles. The van der Waals surface area contributed by atoms with Crippen molar-refractivity contribution in [3.8, 4) is 5.82 Å². The highest BCUT2D eigenvalue weighted by Crippen LogP contribution is 2.31. The number of pyridine rings is 1. The number of unbranched alkanes of at least 4 members (excludes halogenated alkanes) is 1. The van der Waals surface area contributed by atoms with Crippen LogP contribution in [0.25, 0.3) is 16.7 Å². The predicted octanol–water partition coefficient (Wildman–Crippen LogP) is 6.18. The molecule has 0 radical (unpaired) electrons. The Kier molecular flexibility index (Phi) is 7.88. The minimum Gasteiger partial charge on any atom is -0.464 e. The second-order valence-corrected chi connectivity index (χ2v) is 11.0. The quantitative estimate of drug-likeness (QED) is 0.185. The molecule has 0 bridgehead atoms. The van der Waals surface area contributed by atoms with E-state index in [-0.39, 0.29) is 21.5 Å². The summed E-state index contributed by atoms with van der Waals surface area (Å²) in [5, 5.41) is 1.12. The molecule has 2 aromatic carbocycles. The molecule has 0 amide bonds. The maximum atomic E-state index is 13.7. The molecule has 0 atom stereocenters. The van der Waals surface area contributed by atoms with Crippen LogP contribution >= 0.6 is 23.2 Å². The molecule has 0 aliphatic rings. The number of fused-ring (bicyclic) bond motifs is 1.